The van der Waals surface area contributed by atoms with Crippen LogP contribution in [0.5, 0.6) is 5.75 Å². The number of halogens is 1. The normalized spacial score (nSPS) is 12.0. The number of nitrogens with zero attached hydrogens (tertiary/aromatic N) is 1. The Morgan fingerprint density at radius 2 is 2.11 bits per heavy atom. The van der Waals surface area contributed by atoms with Crippen molar-refractivity contribution in [2.75, 3.05) is 6.61 Å². The number of fused-ring (bicyclic) bond motifs is 1. The van der Waals surface area contributed by atoms with E-state index in [1.807, 2.05) is 31.2 Å². The number of furan rings is 1. The molecule has 2 aromatic carbocycles. The fourth-order valence-electron chi connectivity index (χ4n) is 2.69. The Morgan fingerprint density at radius 1 is 1.33 bits per heavy atom. The van der Waals surface area contributed by atoms with E-state index in [0.717, 1.165) is 11.5 Å². The van der Waals surface area contributed by atoms with Crippen molar-refractivity contribution in [1.82, 2.24) is 5.32 Å². The van der Waals surface area contributed by atoms with Gasteiger partial charge < -0.3 is 14.5 Å². The summed E-state index contributed by atoms with van der Waals surface area (Å²) in [5.74, 6) is 0.634. The summed E-state index contributed by atoms with van der Waals surface area (Å²) in [5, 5.41) is 14.7. The maximum absolute atomic E-state index is 12.5. The summed E-state index contributed by atoms with van der Waals surface area (Å²) in [6.07, 6.45) is 0. The van der Waals surface area contributed by atoms with Gasteiger partial charge in [-0.3, -0.25) is 14.9 Å². The lowest BCUT2D eigenvalue weighted by Gasteiger charge is -2.12. The maximum atomic E-state index is 12.5. The van der Waals surface area contributed by atoms with Gasteiger partial charge >= 0.3 is 0 Å². The van der Waals surface area contributed by atoms with Crippen LogP contribution in [-0.2, 0) is 0 Å². The molecule has 1 heterocycles. The zero-order chi connectivity index (χ0) is 19.6. The van der Waals surface area contributed by atoms with E-state index in [0.29, 0.717) is 23.7 Å². The molecule has 1 N–H and O–H groups in total. The molecule has 0 aliphatic carbocycles. The summed E-state index contributed by atoms with van der Waals surface area (Å²) in [6, 6.07) is 10.6. The van der Waals surface area contributed by atoms with Crippen LogP contribution >= 0.6 is 11.6 Å². The summed E-state index contributed by atoms with van der Waals surface area (Å²) in [4.78, 5) is 22.9. The quantitative estimate of drug-likeness (QED) is 0.479. The Hall–Kier alpha value is -3.06. The van der Waals surface area contributed by atoms with Crippen LogP contribution in [0.4, 0.5) is 5.69 Å². The van der Waals surface area contributed by atoms with Gasteiger partial charge in [0.2, 0.25) is 0 Å². The molecule has 0 fully saturated rings. The maximum Gasteiger partial charge on any atom is 0.270 e. The Labute approximate surface area is 160 Å². The molecule has 0 radical (unpaired) electrons. The Bertz CT molecular complexity index is 1010. The summed E-state index contributed by atoms with van der Waals surface area (Å²) >= 11 is 6.02. The van der Waals surface area contributed by atoms with Crippen LogP contribution in [-0.4, -0.2) is 17.4 Å². The van der Waals surface area contributed by atoms with Crippen molar-refractivity contribution in [3.63, 3.8) is 0 Å². The average molecular weight is 389 g/mol. The number of ether oxygens (including phenoxy) is 1. The van der Waals surface area contributed by atoms with Crippen molar-refractivity contribution in [2.24, 2.45) is 0 Å². The monoisotopic (exact) mass is 388 g/mol. The molecule has 8 heteroatoms. The SMILES string of the molecule is CCOc1cccc2cc(C(C)NC(=O)c3cc([N+](=O)[O-])ccc3Cl)oc12. The fourth-order valence-corrected chi connectivity index (χ4v) is 2.89. The van der Waals surface area contributed by atoms with Crippen molar-refractivity contribution in [1.29, 1.82) is 0 Å². The molecule has 27 heavy (non-hydrogen) atoms. The zero-order valence-electron chi connectivity index (χ0n) is 14.7. The number of rotatable bonds is 6. The second-order valence-corrected chi connectivity index (χ2v) is 6.28. The van der Waals surface area contributed by atoms with Gasteiger partial charge in [0.25, 0.3) is 11.6 Å². The number of non-ortho nitro benzene ring substituents is 1. The molecule has 0 aliphatic heterocycles. The van der Waals surface area contributed by atoms with Gasteiger partial charge in [0.05, 0.1) is 28.2 Å². The third-order valence-electron chi connectivity index (χ3n) is 4.01. The third-order valence-corrected chi connectivity index (χ3v) is 4.34. The fraction of sp³-hybridized carbons (Fsp3) is 0.211. The Kier molecular flexibility index (Phi) is 5.32. The summed E-state index contributed by atoms with van der Waals surface area (Å²) in [6.45, 7) is 4.14. The molecule has 0 aliphatic rings. The predicted octanol–water partition coefficient (Wildman–Crippen LogP) is 4.88. The topological polar surface area (TPSA) is 94.6 Å². The zero-order valence-corrected chi connectivity index (χ0v) is 15.4. The van der Waals surface area contributed by atoms with Gasteiger partial charge in [0.15, 0.2) is 11.3 Å². The Balaban J connectivity index is 1.85. The highest BCUT2D eigenvalue weighted by Crippen LogP contribution is 2.31. The van der Waals surface area contributed by atoms with Gasteiger partial charge in [0, 0.05) is 17.5 Å². The second kappa shape index (κ2) is 7.67. The van der Waals surface area contributed by atoms with Crippen molar-refractivity contribution in [2.45, 2.75) is 19.9 Å². The Morgan fingerprint density at radius 3 is 2.81 bits per heavy atom. The van der Waals surface area contributed by atoms with Crippen molar-refractivity contribution < 1.29 is 18.9 Å². The molecule has 140 valence electrons. The summed E-state index contributed by atoms with van der Waals surface area (Å²) in [7, 11) is 0. The molecule has 1 atom stereocenters. The van der Waals surface area contributed by atoms with E-state index in [9.17, 15) is 14.9 Å². The number of carbonyl (C=O) groups is 1. The molecule has 1 aromatic heterocycles. The van der Waals surface area contributed by atoms with E-state index in [4.69, 9.17) is 20.8 Å². The number of amides is 1. The molecule has 1 unspecified atom stereocenters. The van der Waals surface area contributed by atoms with Gasteiger partial charge in [-0.2, -0.15) is 0 Å². The molecule has 0 saturated heterocycles. The molecule has 0 bridgehead atoms. The molecular weight excluding hydrogens is 372 g/mol. The van der Waals surface area contributed by atoms with Crippen LogP contribution in [0.15, 0.2) is 46.9 Å². The molecular formula is C19H17ClN2O5. The first kappa shape index (κ1) is 18.7. The van der Waals surface area contributed by atoms with Crippen LogP contribution in [0.2, 0.25) is 5.02 Å². The van der Waals surface area contributed by atoms with Crippen molar-refractivity contribution in [3.05, 3.63) is 68.9 Å². The number of para-hydroxylation sites is 1. The molecule has 0 spiro atoms. The lowest BCUT2D eigenvalue weighted by molar-refractivity contribution is -0.384. The summed E-state index contributed by atoms with van der Waals surface area (Å²) in [5.41, 5.74) is 0.426. The van der Waals surface area contributed by atoms with Crippen molar-refractivity contribution in [3.8, 4) is 5.75 Å². The first-order valence-corrected chi connectivity index (χ1v) is 8.68. The average Bonchev–Trinajstić information content (AvgIpc) is 3.07. The van der Waals surface area contributed by atoms with Crippen LogP contribution in [0.25, 0.3) is 11.0 Å². The molecule has 3 rings (SSSR count). The molecule has 3 aromatic rings. The number of hydrogen-bond donors (Lipinski definition) is 1. The van der Waals surface area contributed by atoms with E-state index in [-0.39, 0.29) is 16.3 Å². The van der Waals surface area contributed by atoms with Crippen LogP contribution in [0.1, 0.15) is 36.0 Å². The van der Waals surface area contributed by atoms with E-state index in [1.54, 1.807) is 6.92 Å². The predicted molar refractivity (Wildman–Crippen MR) is 101 cm³/mol. The minimum Gasteiger partial charge on any atom is -0.490 e. The standard InChI is InChI=1S/C19H17ClN2O5/c1-3-26-16-6-4-5-12-9-17(27-18(12)16)11(2)21-19(23)14-10-13(22(24)25)7-8-15(14)20/h4-11H,3H2,1-2H3,(H,21,23). The summed E-state index contributed by atoms with van der Waals surface area (Å²) < 4.78 is 11.4. The van der Waals surface area contributed by atoms with E-state index >= 15 is 0 Å². The first-order valence-electron chi connectivity index (χ1n) is 8.30. The van der Waals surface area contributed by atoms with Gasteiger partial charge in [-0.05, 0) is 32.0 Å². The highest BCUT2D eigenvalue weighted by Gasteiger charge is 2.20. The highest BCUT2D eigenvalue weighted by molar-refractivity contribution is 6.34. The number of nitro groups is 1. The first-order chi connectivity index (χ1) is 12.9. The third kappa shape index (κ3) is 3.88. The van der Waals surface area contributed by atoms with E-state index in [2.05, 4.69) is 5.32 Å². The van der Waals surface area contributed by atoms with Crippen molar-refractivity contribution >= 4 is 34.2 Å². The number of nitro benzene ring substituents is 1. The van der Waals surface area contributed by atoms with Crippen LogP contribution < -0.4 is 10.1 Å². The minimum atomic E-state index is -0.578. The number of hydrogen-bond acceptors (Lipinski definition) is 5. The number of benzene rings is 2. The number of carbonyl (C=O) groups excluding carboxylic acids is 1. The van der Waals surface area contributed by atoms with E-state index < -0.39 is 16.9 Å². The smallest absolute Gasteiger partial charge is 0.270 e. The lowest BCUT2D eigenvalue weighted by atomic mass is 10.1. The van der Waals surface area contributed by atoms with Gasteiger partial charge in [0.1, 0.15) is 5.76 Å². The largest absolute Gasteiger partial charge is 0.490 e. The minimum absolute atomic E-state index is 0.0313. The van der Waals surface area contributed by atoms with Crippen LogP contribution in [0, 0.1) is 10.1 Å². The second-order valence-electron chi connectivity index (χ2n) is 5.87. The van der Waals surface area contributed by atoms with Crippen LogP contribution in [0.3, 0.4) is 0 Å². The number of nitrogens with one attached hydrogen (secondary N) is 1. The molecule has 7 nitrogen and oxygen atoms in total. The van der Waals surface area contributed by atoms with E-state index in [1.165, 1.54) is 12.1 Å². The van der Waals surface area contributed by atoms with Gasteiger partial charge in [-0.1, -0.05) is 23.7 Å². The lowest BCUT2D eigenvalue weighted by Crippen LogP contribution is -2.26. The highest BCUT2D eigenvalue weighted by atomic mass is 35.5. The molecule has 1 amide bonds. The molecule has 0 saturated carbocycles. The van der Waals surface area contributed by atoms with Gasteiger partial charge in [-0.25, -0.2) is 0 Å². The van der Waals surface area contributed by atoms with Gasteiger partial charge in [-0.15, -0.1) is 0 Å².